The number of halogens is 1. The molecule has 3 saturated heterocycles. The molecule has 3 aliphatic rings. The number of likely N-dealkylation sites (N-methyl/N-ethyl adjacent to an activating group) is 1. The van der Waals surface area contributed by atoms with E-state index < -0.39 is 6.09 Å². The van der Waals surface area contributed by atoms with Crippen molar-refractivity contribution in [2.45, 2.75) is 62.5 Å². The van der Waals surface area contributed by atoms with E-state index in [2.05, 4.69) is 24.7 Å². The number of aldehydes is 1. The number of hydrogen-bond donors (Lipinski definition) is 2. The number of methoxy groups -OCH3 is 1. The number of nitrogens with zero attached hydrogens (tertiary/aromatic N) is 1. The van der Waals surface area contributed by atoms with Crippen LogP contribution in [0.25, 0.3) is 11.1 Å². The number of amides is 2. The van der Waals surface area contributed by atoms with Crippen LogP contribution in [0.1, 0.15) is 41.6 Å². The molecule has 0 spiro atoms. The van der Waals surface area contributed by atoms with Gasteiger partial charge in [0.1, 0.15) is 36.1 Å². The maximum absolute atomic E-state index is 13.2. The average Bonchev–Trinajstić information content (AvgIpc) is 3.76. The van der Waals surface area contributed by atoms with Crippen molar-refractivity contribution < 1.29 is 57.1 Å². The molecule has 44 heavy (non-hydrogen) atoms. The lowest BCUT2D eigenvalue weighted by Gasteiger charge is -2.45. The Morgan fingerprint density at radius 1 is 0.977 bits per heavy atom. The monoisotopic (exact) mass is 711 g/mol. The Morgan fingerprint density at radius 3 is 2.39 bits per heavy atom. The number of hydrogen-bond acceptors (Lipinski definition) is 6. The Morgan fingerprint density at radius 2 is 1.70 bits per heavy atom. The van der Waals surface area contributed by atoms with Crippen LogP contribution in [0.5, 0.6) is 5.75 Å². The molecular formula is C34H38IN3O6. The molecule has 2 bridgehead atoms. The van der Waals surface area contributed by atoms with Crippen molar-refractivity contribution in [2.75, 3.05) is 31.8 Å². The highest BCUT2D eigenvalue weighted by Crippen LogP contribution is 2.51. The number of rotatable bonds is 10. The Bertz CT molecular complexity index is 1510. The van der Waals surface area contributed by atoms with Crippen LogP contribution in [0.3, 0.4) is 0 Å². The van der Waals surface area contributed by atoms with Gasteiger partial charge in [-0.25, -0.2) is 4.79 Å². The van der Waals surface area contributed by atoms with Crippen LogP contribution >= 0.6 is 0 Å². The molecule has 3 aliphatic heterocycles. The molecule has 3 heterocycles. The van der Waals surface area contributed by atoms with Crippen LogP contribution in [-0.2, 0) is 20.7 Å². The molecule has 232 valence electrons. The zero-order valence-corrected chi connectivity index (χ0v) is 27.3. The van der Waals surface area contributed by atoms with Gasteiger partial charge in [0.25, 0.3) is 0 Å². The normalized spacial score (nSPS) is 23.8. The van der Waals surface area contributed by atoms with Gasteiger partial charge in [0.05, 0.1) is 32.5 Å². The molecule has 2 amide bonds. The van der Waals surface area contributed by atoms with Gasteiger partial charge in [0.2, 0.25) is 5.91 Å². The number of piperidine rings is 1. The Hall–Kier alpha value is -3.48. The van der Waals surface area contributed by atoms with Crippen LogP contribution in [0, 0.1) is 0 Å². The van der Waals surface area contributed by atoms with Crippen molar-refractivity contribution in [2.24, 2.45) is 0 Å². The molecule has 9 nitrogen and oxygen atoms in total. The van der Waals surface area contributed by atoms with Gasteiger partial charge in [-0.1, -0.05) is 42.5 Å². The van der Waals surface area contributed by atoms with Crippen LogP contribution in [0.15, 0.2) is 66.7 Å². The predicted molar refractivity (Wildman–Crippen MR) is 163 cm³/mol. The standard InChI is InChI=1S/C34H37N3O6.HI/c1-37(2)28-18-25(19-29(37)33-32(28)43-33)42-34(40)36-27-16-21(12-15-26(27)22-9-5-4-6-10-22)8-7-11-31(39)35-24-14-13-23(20-38)30(17-24)41-3;/h4-6,9-10,12-17,20,25,28-29,32-33H,7-8,11,18-19H2,1-3H3,(H-,35,36,38,39,40);1H/t25-,28-,29+,32-,33+;. The zero-order chi connectivity index (χ0) is 30.1. The summed E-state index contributed by atoms with van der Waals surface area (Å²) in [7, 11) is 5.99. The number of morpholine rings is 1. The summed E-state index contributed by atoms with van der Waals surface area (Å²) in [6.45, 7) is 0. The number of fused-ring (bicyclic) bond motifs is 5. The number of ether oxygens (including phenoxy) is 3. The summed E-state index contributed by atoms with van der Waals surface area (Å²) in [5.74, 6) is 0.282. The van der Waals surface area contributed by atoms with Gasteiger partial charge in [0, 0.05) is 36.6 Å². The van der Waals surface area contributed by atoms with Crippen molar-refractivity contribution in [3.8, 4) is 16.9 Å². The Kier molecular flexibility index (Phi) is 9.62. The molecule has 0 radical (unpaired) electrons. The maximum atomic E-state index is 13.2. The third-order valence-electron chi connectivity index (χ3n) is 9.23. The van der Waals surface area contributed by atoms with E-state index in [4.69, 9.17) is 14.2 Å². The number of epoxide rings is 1. The number of benzene rings is 3. The first kappa shape index (κ1) is 31.9. The van der Waals surface area contributed by atoms with Gasteiger partial charge in [-0.3, -0.25) is 14.9 Å². The summed E-state index contributed by atoms with van der Waals surface area (Å²) in [5.41, 5.74) is 4.58. The maximum Gasteiger partial charge on any atom is 0.411 e. The van der Waals surface area contributed by atoms with Crippen molar-refractivity contribution in [3.05, 3.63) is 77.9 Å². The molecule has 0 unspecified atom stereocenters. The lowest BCUT2D eigenvalue weighted by atomic mass is 9.96. The minimum Gasteiger partial charge on any atom is -1.00 e. The van der Waals surface area contributed by atoms with Crippen molar-refractivity contribution >= 4 is 29.7 Å². The van der Waals surface area contributed by atoms with Crippen molar-refractivity contribution in [1.29, 1.82) is 0 Å². The molecule has 0 saturated carbocycles. The van der Waals surface area contributed by atoms with Gasteiger partial charge in [-0.05, 0) is 42.2 Å². The van der Waals surface area contributed by atoms with Crippen LogP contribution in [-0.4, -0.2) is 74.4 Å². The number of carbonyl (C=O) groups is 3. The van der Waals surface area contributed by atoms with E-state index in [0.717, 1.165) is 34.0 Å². The number of carbonyl (C=O) groups excluding carboxylic acids is 3. The van der Waals surface area contributed by atoms with Gasteiger partial charge < -0.3 is 48.0 Å². The topological polar surface area (TPSA) is 106 Å². The van der Waals surface area contributed by atoms with E-state index in [-0.39, 0.29) is 36.0 Å². The Balaban J connectivity index is 0.00000384. The molecule has 3 aromatic rings. The second-order valence-corrected chi connectivity index (χ2v) is 12.2. The third-order valence-corrected chi connectivity index (χ3v) is 9.23. The highest BCUT2D eigenvalue weighted by atomic mass is 127. The summed E-state index contributed by atoms with van der Waals surface area (Å²) in [6, 6.07) is 21.6. The Labute approximate surface area is 274 Å². The third kappa shape index (κ3) is 6.62. The molecule has 2 N–H and O–H groups in total. The summed E-state index contributed by atoms with van der Waals surface area (Å²) >= 11 is 0. The van der Waals surface area contributed by atoms with Crippen LogP contribution in [0.2, 0.25) is 0 Å². The van der Waals surface area contributed by atoms with Gasteiger partial charge in [0.15, 0.2) is 6.29 Å². The highest BCUT2D eigenvalue weighted by molar-refractivity contribution is 5.93. The SMILES string of the molecule is COc1cc(NC(=O)CCCc2ccc(-c3ccccc3)c(NC(=O)O[C@@H]3C[C@@H]4[C@H]5O[C@H]5[C@H](C3)[N+]4(C)C)c2)ccc1C=O.[I-]. The van der Waals surface area contributed by atoms with E-state index in [1.54, 1.807) is 18.2 Å². The second kappa shape index (κ2) is 13.3. The average molecular weight is 712 g/mol. The van der Waals surface area contributed by atoms with Crippen molar-refractivity contribution in [1.82, 2.24) is 0 Å². The van der Waals surface area contributed by atoms with Crippen LogP contribution < -0.4 is 39.3 Å². The largest absolute Gasteiger partial charge is 1.00 e. The summed E-state index contributed by atoms with van der Waals surface area (Å²) in [4.78, 5) is 36.9. The quantitative estimate of drug-likeness (QED) is 0.145. The first-order valence-electron chi connectivity index (χ1n) is 14.8. The predicted octanol–water partition coefficient (Wildman–Crippen LogP) is 2.45. The fourth-order valence-corrected chi connectivity index (χ4v) is 6.87. The van der Waals surface area contributed by atoms with E-state index in [9.17, 15) is 14.4 Å². The van der Waals surface area contributed by atoms with E-state index in [1.807, 2.05) is 48.5 Å². The summed E-state index contributed by atoms with van der Waals surface area (Å²) in [6.07, 6.45) is 3.93. The minimum absolute atomic E-state index is 0. The van der Waals surface area contributed by atoms with Crippen LogP contribution in [0.4, 0.5) is 16.2 Å². The van der Waals surface area contributed by atoms with Gasteiger partial charge >= 0.3 is 6.09 Å². The number of anilines is 2. The number of quaternary nitrogens is 1. The molecule has 3 aromatic carbocycles. The minimum atomic E-state index is -0.448. The lowest BCUT2D eigenvalue weighted by molar-refractivity contribution is -0.938. The molecule has 6 rings (SSSR count). The summed E-state index contributed by atoms with van der Waals surface area (Å²) < 4.78 is 18.0. The summed E-state index contributed by atoms with van der Waals surface area (Å²) in [5, 5.41) is 5.89. The number of aryl methyl sites for hydroxylation is 1. The molecule has 3 fully saturated rings. The smallest absolute Gasteiger partial charge is 0.411 e. The van der Waals surface area contributed by atoms with E-state index >= 15 is 0 Å². The second-order valence-electron chi connectivity index (χ2n) is 12.2. The van der Waals surface area contributed by atoms with Crippen molar-refractivity contribution in [3.63, 3.8) is 0 Å². The first-order valence-corrected chi connectivity index (χ1v) is 14.8. The highest BCUT2D eigenvalue weighted by Gasteiger charge is 2.70. The fraction of sp³-hybridized carbons (Fsp3) is 0.382. The van der Waals surface area contributed by atoms with Gasteiger partial charge in [-0.15, -0.1) is 0 Å². The van der Waals surface area contributed by atoms with Gasteiger partial charge in [-0.2, -0.15) is 0 Å². The molecule has 10 heteroatoms. The molecular weight excluding hydrogens is 673 g/mol. The molecule has 0 aromatic heterocycles. The molecule has 0 aliphatic carbocycles. The number of nitrogens with one attached hydrogen (secondary N) is 2. The first-order chi connectivity index (χ1) is 20.8. The lowest BCUT2D eigenvalue weighted by Crippen LogP contribution is -3.00. The zero-order valence-electron chi connectivity index (χ0n) is 25.1. The molecule has 5 atom stereocenters. The van der Waals surface area contributed by atoms with E-state index in [1.165, 1.54) is 7.11 Å². The fourth-order valence-electron chi connectivity index (χ4n) is 6.87. The van der Waals surface area contributed by atoms with E-state index in [0.29, 0.717) is 72.5 Å².